The number of fused-ring (bicyclic) bond motifs is 2. The van der Waals surface area contributed by atoms with Crippen molar-refractivity contribution in [3.8, 4) is 0 Å². The molecular formula is C21H34. The van der Waals surface area contributed by atoms with Crippen molar-refractivity contribution in [1.29, 1.82) is 0 Å². The summed E-state index contributed by atoms with van der Waals surface area (Å²) in [5.74, 6) is 2.75. The zero-order valence-electron chi connectivity index (χ0n) is 14.6. The minimum Gasteiger partial charge on any atom is -0.0884 e. The standard InChI is InChI=1S/C21H34/c1-5-16(9-11-19(8-4)18(6-2)7-3)13-21-15-17-10-12-20(21)14-17/h5,10,12,17,20-21H,6-9,11,13-15H2,1-4H3/b16-5+. The topological polar surface area (TPSA) is 0 Å². The molecule has 0 heteroatoms. The van der Waals surface area contributed by atoms with Gasteiger partial charge in [-0.1, -0.05) is 55.7 Å². The van der Waals surface area contributed by atoms with E-state index in [1.165, 1.54) is 51.4 Å². The van der Waals surface area contributed by atoms with E-state index in [1.54, 1.807) is 16.7 Å². The summed E-state index contributed by atoms with van der Waals surface area (Å²) in [5.41, 5.74) is 5.14. The molecule has 0 aliphatic heterocycles. The summed E-state index contributed by atoms with van der Waals surface area (Å²) in [6.07, 6.45) is 17.9. The van der Waals surface area contributed by atoms with E-state index in [9.17, 15) is 0 Å². The molecule has 2 bridgehead atoms. The minimum absolute atomic E-state index is 0.896. The van der Waals surface area contributed by atoms with Crippen LogP contribution in [-0.4, -0.2) is 0 Å². The van der Waals surface area contributed by atoms with Crippen molar-refractivity contribution in [2.75, 3.05) is 0 Å². The molecule has 0 heterocycles. The summed E-state index contributed by atoms with van der Waals surface area (Å²) in [7, 11) is 0. The fourth-order valence-electron chi connectivity index (χ4n) is 4.50. The molecule has 118 valence electrons. The Morgan fingerprint density at radius 3 is 2.14 bits per heavy atom. The van der Waals surface area contributed by atoms with Crippen molar-refractivity contribution in [2.24, 2.45) is 17.8 Å². The summed E-state index contributed by atoms with van der Waals surface area (Å²) < 4.78 is 0. The number of allylic oxidation sites excluding steroid dienone is 6. The van der Waals surface area contributed by atoms with Crippen LogP contribution in [0.15, 0.2) is 34.9 Å². The highest BCUT2D eigenvalue weighted by Gasteiger charge is 2.35. The Balaban J connectivity index is 1.88. The van der Waals surface area contributed by atoms with Gasteiger partial charge in [0.1, 0.15) is 0 Å². The smallest absolute Gasteiger partial charge is 0.0196 e. The first-order valence-corrected chi connectivity index (χ1v) is 9.23. The SMILES string of the molecule is C/C=C(\CCC(CC)=C(CC)CC)CC1CC2C=CC1C2. The van der Waals surface area contributed by atoms with Gasteiger partial charge in [-0.05, 0) is 76.0 Å². The van der Waals surface area contributed by atoms with Crippen LogP contribution in [0.3, 0.4) is 0 Å². The molecule has 21 heavy (non-hydrogen) atoms. The summed E-state index contributed by atoms with van der Waals surface area (Å²) in [5, 5.41) is 0. The van der Waals surface area contributed by atoms with Crippen molar-refractivity contribution in [3.05, 3.63) is 34.9 Å². The van der Waals surface area contributed by atoms with Gasteiger partial charge in [0.25, 0.3) is 0 Å². The van der Waals surface area contributed by atoms with Crippen LogP contribution in [0.4, 0.5) is 0 Å². The Morgan fingerprint density at radius 1 is 0.952 bits per heavy atom. The highest BCUT2D eigenvalue weighted by Crippen LogP contribution is 2.46. The molecule has 0 aromatic carbocycles. The summed E-state index contributed by atoms with van der Waals surface area (Å²) in [4.78, 5) is 0. The lowest BCUT2D eigenvalue weighted by atomic mass is 9.85. The predicted octanol–water partition coefficient (Wildman–Crippen LogP) is 6.84. The lowest BCUT2D eigenvalue weighted by Crippen LogP contribution is -2.08. The van der Waals surface area contributed by atoms with Crippen LogP contribution in [0.5, 0.6) is 0 Å². The van der Waals surface area contributed by atoms with Gasteiger partial charge in [0.2, 0.25) is 0 Å². The molecule has 2 aliphatic rings. The summed E-state index contributed by atoms with van der Waals surface area (Å²) in [6, 6.07) is 0. The first kappa shape index (κ1) is 16.6. The lowest BCUT2D eigenvalue weighted by molar-refractivity contribution is 0.438. The van der Waals surface area contributed by atoms with Crippen LogP contribution in [0.1, 0.15) is 79.1 Å². The fraction of sp³-hybridized carbons (Fsp3) is 0.714. The Bertz CT molecular complexity index is 415. The van der Waals surface area contributed by atoms with Gasteiger partial charge in [-0.25, -0.2) is 0 Å². The molecule has 0 nitrogen and oxygen atoms in total. The first-order valence-electron chi connectivity index (χ1n) is 9.23. The van der Waals surface area contributed by atoms with E-state index in [0.717, 1.165) is 17.8 Å². The maximum Gasteiger partial charge on any atom is -0.0196 e. The Morgan fingerprint density at radius 2 is 1.67 bits per heavy atom. The van der Waals surface area contributed by atoms with Gasteiger partial charge >= 0.3 is 0 Å². The van der Waals surface area contributed by atoms with Gasteiger partial charge in [-0.2, -0.15) is 0 Å². The Kier molecular flexibility index (Phi) is 6.33. The molecule has 2 rings (SSSR count). The molecule has 3 unspecified atom stereocenters. The second-order valence-corrected chi connectivity index (χ2v) is 6.96. The Labute approximate surface area is 132 Å². The van der Waals surface area contributed by atoms with E-state index in [1.807, 2.05) is 0 Å². The van der Waals surface area contributed by atoms with Crippen molar-refractivity contribution < 1.29 is 0 Å². The molecule has 1 saturated carbocycles. The number of hydrogen-bond acceptors (Lipinski definition) is 0. The molecule has 0 N–H and O–H groups in total. The molecule has 0 aromatic rings. The highest BCUT2D eigenvalue weighted by atomic mass is 14.4. The molecule has 0 saturated heterocycles. The van der Waals surface area contributed by atoms with E-state index in [2.05, 4.69) is 45.9 Å². The lowest BCUT2D eigenvalue weighted by Gasteiger charge is -2.20. The molecule has 3 atom stereocenters. The number of rotatable bonds is 8. The van der Waals surface area contributed by atoms with Crippen molar-refractivity contribution in [3.63, 3.8) is 0 Å². The van der Waals surface area contributed by atoms with Crippen molar-refractivity contribution in [2.45, 2.75) is 79.1 Å². The van der Waals surface area contributed by atoms with E-state index >= 15 is 0 Å². The van der Waals surface area contributed by atoms with Gasteiger partial charge in [0.05, 0.1) is 0 Å². The summed E-state index contributed by atoms with van der Waals surface area (Å²) >= 11 is 0. The molecule has 0 radical (unpaired) electrons. The number of hydrogen-bond donors (Lipinski definition) is 0. The zero-order valence-corrected chi connectivity index (χ0v) is 14.6. The van der Waals surface area contributed by atoms with Gasteiger partial charge in [-0.15, -0.1) is 0 Å². The molecular weight excluding hydrogens is 252 g/mol. The first-order chi connectivity index (χ1) is 10.2. The van der Waals surface area contributed by atoms with E-state index in [0.29, 0.717) is 0 Å². The summed E-state index contributed by atoms with van der Waals surface area (Å²) in [6.45, 7) is 9.20. The zero-order chi connectivity index (χ0) is 15.2. The molecule has 1 fully saturated rings. The van der Waals surface area contributed by atoms with Gasteiger partial charge < -0.3 is 0 Å². The van der Waals surface area contributed by atoms with Crippen molar-refractivity contribution in [1.82, 2.24) is 0 Å². The molecule has 0 aromatic heterocycles. The average molecular weight is 287 g/mol. The van der Waals surface area contributed by atoms with Gasteiger partial charge in [0.15, 0.2) is 0 Å². The Hall–Kier alpha value is -0.780. The normalized spacial score (nSPS) is 27.4. The largest absolute Gasteiger partial charge is 0.0884 e. The van der Waals surface area contributed by atoms with Crippen molar-refractivity contribution >= 4 is 0 Å². The minimum atomic E-state index is 0.896. The van der Waals surface area contributed by atoms with Crippen LogP contribution in [0, 0.1) is 17.8 Å². The third kappa shape index (κ3) is 4.11. The predicted molar refractivity (Wildman–Crippen MR) is 94.4 cm³/mol. The van der Waals surface area contributed by atoms with Crippen LogP contribution >= 0.6 is 0 Å². The van der Waals surface area contributed by atoms with Gasteiger partial charge in [-0.3, -0.25) is 0 Å². The van der Waals surface area contributed by atoms with E-state index in [4.69, 9.17) is 0 Å². The second-order valence-electron chi connectivity index (χ2n) is 6.96. The third-order valence-corrected chi connectivity index (χ3v) is 5.88. The van der Waals surface area contributed by atoms with Gasteiger partial charge in [0, 0.05) is 0 Å². The third-order valence-electron chi connectivity index (χ3n) is 5.88. The van der Waals surface area contributed by atoms with Crippen LogP contribution < -0.4 is 0 Å². The van der Waals surface area contributed by atoms with Crippen LogP contribution in [-0.2, 0) is 0 Å². The maximum absolute atomic E-state index is 2.50. The van der Waals surface area contributed by atoms with E-state index in [-0.39, 0.29) is 0 Å². The maximum atomic E-state index is 2.50. The molecule has 2 aliphatic carbocycles. The fourth-order valence-corrected chi connectivity index (χ4v) is 4.50. The molecule has 0 spiro atoms. The van der Waals surface area contributed by atoms with Crippen LogP contribution in [0.25, 0.3) is 0 Å². The molecule has 0 amide bonds. The van der Waals surface area contributed by atoms with E-state index < -0.39 is 0 Å². The second kappa shape index (κ2) is 8.01. The highest BCUT2D eigenvalue weighted by molar-refractivity contribution is 5.17. The average Bonchev–Trinajstić information content (AvgIpc) is 3.12. The quantitative estimate of drug-likeness (QED) is 0.428. The van der Waals surface area contributed by atoms with Crippen LogP contribution in [0.2, 0.25) is 0 Å². The monoisotopic (exact) mass is 286 g/mol.